The molecule has 112 valence electrons. The second kappa shape index (κ2) is 6.11. The van der Waals surface area contributed by atoms with Crippen LogP contribution in [-0.2, 0) is 6.54 Å². The molecule has 7 heteroatoms. The SMILES string of the molecule is CN(Cc1ccc(Cl)c(F)c1)c1nnnn1-c1ccccc1. The summed E-state index contributed by atoms with van der Waals surface area (Å²) >= 11 is 5.70. The average Bonchev–Trinajstić information content (AvgIpc) is 3.01. The van der Waals surface area contributed by atoms with Crippen LogP contribution < -0.4 is 4.90 Å². The van der Waals surface area contributed by atoms with Gasteiger partial charge in [-0.25, -0.2) is 4.39 Å². The molecular weight excluding hydrogens is 305 g/mol. The Morgan fingerprint density at radius 3 is 2.68 bits per heavy atom. The maximum Gasteiger partial charge on any atom is 0.250 e. The van der Waals surface area contributed by atoms with Crippen LogP contribution in [0.25, 0.3) is 5.69 Å². The lowest BCUT2D eigenvalue weighted by Crippen LogP contribution is -2.21. The van der Waals surface area contributed by atoms with Gasteiger partial charge in [-0.2, -0.15) is 4.68 Å². The van der Waals surface area contributed by atoms with Crippen molar-refractivity contribution in [2.45, 2.75) is 6.54 Å². The number of rotatable bonds is 4. The molecule has 0 aliphatic carbocycles. The van der Waals surface area contributed by atoms with Gasteiger partial charge < -0.3 is 4.90 Å². The molecule has 0 spiro atoms. The minimum absolute atomic E-state index is 0.112. The van der Waals surface area contributed by atoms with Gasteiger partial charge >= 0.3 is 0 Å². The van der Waals surface area contributed by atoms with Crippen LogP contribution in [-0.4, -0.2) is 27.3 Å². The van der Waals surface area contributed by atoms with Gasteiger partial charge in [0.15, 0.2) is 0 Å². The summed E-state index contributed by atoms with van der Waals surface area (Å²) in [6, 6.07) is 14.3. The molecule has 3 rings (SSSR count). The highest BCUT2D eigenvalue weighted by Crippen LogP contribution is 2.19. The monoisotopic (exact) mass is 317 g/mol. The largest absolute Gasteiger partial charge is 0.338 e. The summed E-state index contributed by atoms with van der Waals surface area (Å²) in [5.74, 6) is 0.136. The van der Waals surface area contributed by atoms with E-state index >= 15 is 0 Å². The second-order valence-corrected chi connectivity index (χ2v) is 5.24. The Kier molecular flexibility index (Phi) is 4.02. The molecule has 3 aromatic rings. The summed E-state index contributed by atoms with van der Waals surface area (Å²) in [6.45, 7) is 0.460. The molecule has 0 aliphatic heterocycles. The van der Waals surface area contributed by atoms with Crippen LogP contribution in [0.1, 0.15) is 5.56 Å². The lowest BCUT2D eigenvalue weighted by Gasteiger charge is -2.18. The normalized spacial score (nSPS) is 10.7. The van der Waals surface area contributed by atoms with Crippen LogP contribution in [0.5, 0.6) is 0 Å². The van der Waals surface area contributed by atoms with Crippen molar-refractivity contribution in [3.63, 3.8) is 0 Å². The minimum atomic E-state index is -0.435. The molecule has 0 unspecified atom stereocenters. The fourth-order valence-corrected chi connectivity index (χ4v) is 2.26. The van der Waals surface area contributed by atoms with Crippen molar-refractivity contribution < 1.29 is 4.39 Å². The predicted molar refractivity (Wildman–Crippen MR) is 82.7 cm³/mol. The van der Waals surface area contributed by atoms with Crippen LogP contribution in [0.15, 0.2) is 48.5 Å². The van der Waals surface area contributed by atoms with Crippen LogP contribution in [0.3, 0.4) is 0 Å². The molecule has 22 heavy (non-hydrogen) atoms. The number of halogens is 2. The molecule has 0 N–H and O–H groups in total. The summed E-state index contributed by atoms with van der Waals surface area (Å²) in [6.07, 6.45) is 0. The Bertz CT molecular complexity index is 775. The minimum Gasteiger partial charge on any atom is -0.338 e. The van der Waals surface area contributed by atoms with Gasteiger partial charge in [-0.05, 0) is 40.3 Å². The Morgan fingerprint density at radius 2 is 1.95 bits per heavy atom. The smallest absolute Gasteiger partial charge is 0.250 e. The highest BCUT2D eigenvalue weighted by Gasteiger charge is 2.13. The van der Waals surface area contributed by atoms with Crippen LogP contribution in [0.2, 0.25) is 5.02 Å². The first-order chi connectivity index (χ1) is 10.6. The standard InChI is InChI=1S/C15H13ClFN5/c1-21(10-11-7-8-13(16)14(17)9-11)15-18-19-20-22(15)12-5-3-2-4-6-12/h2-9H,10H2,1H3. The highest BCUT2D eigenvalue weighted by molar-refractivity contribution is 6.30. The first kappa shape index (κ1) is 14.5. The summed E-state index contributed by atoms with van der Waals surface area (Å²) in [4.78, 5) is 1.84. The molecule has 0 fully saturated rings. The lowest BCUT2D eigenvalue weighted by molar-refractivity contribution is 0.625. The molecule has 0 aliphatic rings. The van der Waals surface area contributed by atoms with Crippen molar-refractivity contribution in [2.75, 3.05) is 11.9 Å². The number of anilines is 1. The third kappa shape index (κ3) is 2.92. The van der Waals surface area contributed by atoms with Crippen molar-refractivity contribution in [3.05, 3.63) is 64.9 Å². The number of aromatic nitrogens is 4. The summed E-state index contributed by atoms with van der Waals surface area (Å²) < 4.78 is 15.2. The number of benzene rings is 2. The maximum atomic E-state index is 13.5. The van der Waals surface area contributed by atoms with Gasteiger partial charge in [0.2, 0.25) is 5.95 Å². The second-order valence-electron chi connectivity index (χ2n) is 4.83. The van der Waals surface area contributed by atoms with Crippen molar-refractivity contribution in [1.82, 2.24) is 20.2 Å². The zero-order valence-corrected chi connectivity index (χ0v) is 12.6. The lowest BCUT2D eigenvalue weighted by atomic mass is 10.2. The fraction of sp³-hybridized carbons (Fsp3) is 0.133. The van der Waals surface area contributed by atoms with E-state index in [-0.39, 0.29) is 5.02 Å². The highest BCUT2D eigenvalue weighted by atomic mass is 35.5. The first-order valence-electron chi connectivity index (χ1n) is 6.64. The zero-order chi connectivity index (χ0) is 15.5. The Labute approximate surface area is 131 Å². The van der Waals surface area contributed by atoms with E-state index in [1.165, 1.54) is 6.07 Å². The Hall–Kier alpha value is -2.47. The fourth-order valence-electron chi connectivity index (χ4n) is 2.14. The molecule has 0 amide bonds. The van der Waals surface area contributed by atoms with Crippen molar-refractivity contribution in [2.24, 2.45) is 0 Å². The summed E-state index contributed by atoms with van der Waals surface area (Å²) in [5.41, 5.74) is 1.64. The number of para-hydroxylation sites is 1. The molecule has 0 atom stereocenters. The summed E-state index contributed by atoms with van der Waals surface area (Å²) in [5, 5.41) is 11.9. The third-order valence-electron chi connectivity index (χ3n) is 3.20. The first-order valence-corrected chi connectivity index (χ1v) is 7.02. The van der Waals surface area contributed by atoms with Crippen molar-refractivity contribution in [3.8, 4) is 5.69 Å². The molecule has 0 bridgehead atoms. The van der Waals surface area contributed by atoms with Crippen LogP contribution in [0, 0.1) is 5.82 Å². The Balaban J connectivity index is 1.85. The van der Waals surface area contributed by atoms with Crippen LogP contribution >= 0.6 is 11.6 Å². The van der Waals surface area contributed by atoms with E-state index in [1.54, 1.807) is 16.8 Å². The number of hydrogen-bond acceptors (Lipinski definition) is 4. The van der Waals surface area contributed by atoms with Gasteiger partial charge in [0.05, 0.1) is 10.7 Å². The number of hydrogen-bond donors (Lipinski definition) is 0. The predicted octanol–water partition coefficient (Wildman–Crippen LogP) is 3.09. The molecular formula is C15H13ClFN5. The topological polar surface area (TPSA) is 46.8 Å². The average molecular weight is 318 g/mol. The van der Waals surface area contributed by atoms with E-state index in [0.717, 1.165) is 11.3 Å². The third-order valence-corrected chi connectivity index (χ3v) is 3.51. The quantitative estimate of drug-likeness (QED) is 0.742. The van der Waals surface area contributed by atoms with E-state index < -0.39 is 5.82 Å². The van der Waals surface area contributed by atoms with E-state index in [0.29, 0.717) is 12.5 Å². The van der Waals surface area contributed by atoms with Crippen molar-refractivity contribution >= 4 is 17.5 Å². The molecule has 1 aromatic heterocycles. The molecule has 2 aromatic carbocycles. The van der Waals surface area contributed by atoms with E-state index in [1.807, 2.05) is 42.3 Å². The van der Waals surface area contributed by atoms with E-state index in [9.17, 15) is 4.39 Å². The Morgan fingerprint density at radius 1 is 1.18 bits per heavy atom. The van der Waals surface area contributed by atoms with Gasteiger partial charge in [-0.1, -0.05) is 41.0 Å². The maximum absolute atomic E-state index is 13.5. The number of nitrogens with zero attached hydrogens (tertiary/aromatic N) is 5. The molecule has 1 heterocycles. The molecule has 5 nitrogen and oxygen atoms in total. The summed E-state index contributed by atoms with van der Waals surface area (Å²) in [7, 11) is 1.84. The van der Waals surface area contributed by atoms with Gasteiger partial charge in [-0.3, -0.25) is 0 Å². The van der Waals surface area contributed by atoms with Gasteiger partial charge in [0, 0.05) is 13.6 Å². The van der Waals surface area contributed by atoms with Crippen LogP contribution in [0.4, 0.5) is 10.3 Å². The molecule has 0 saturated heterocycles. The van der Waals surface area contributed by atoms with Gasteiger partial charge in [0.1, 0.15) is 5.82 Å². The van der Waals surface area contributed by atoms with Crippen molar-refractivity contribution in [1.29, 1.82) is 0 Å². The molecule has 0 radical (unpaired) electrons. The number of tetrazole rings is 1. The van der Waals surface area contributed by atoms with E-state index in [4.69, 9.17) is 11.6 Å². The molecule has 0 saturated carbocycles. The van der Waals surface area contributed by atoms with Gasteiger partial charge in [0.25, 0.3) is 0 Å². The van der Waals surface area contributed by atoms with Gasteiger partial charge in [-0.15, -0.1) is 0 Å². The zero-order valence-electron chi connectivity index (χ0n) is 11.8. The van der Waals surface area contributed by atoms with E-state index in [2.05, 4.69) is 15.5 Å².